The number of hydrogen-bond donors (Lipinski definition) is 6. The number of hydrogen-bond acceptors (Lipinski definition) is 6. The van der Waals surface area contributed by atoms with Crippen LogP contribution in [0.15, 0.2) is 0 Å². The predicted octanol–water partition coefficient (Wildman–Crippen LogP) is -4.50. The van der Waals surface area contributed by atoms with E-state index in [2.05, 4.69) is 0 Å². The average Bonchev–Trinajstić information content (AvgIpc) is 2.12. The molecule has 0 unspecified atom stereocenters. The molecule has 7 heteroatoms. The van der Waals surface area contributed by atoms with Crippen LogP contribution in [0.1, 0.15) is 0 Å². The van der Waals surface area contributed by atoms with Crippen molar-refractivity contribution in [3.8, 4) is 0 Å². The fourth-order valence-electron chi connectivity index (χ4n) is 0.671. The van der Waals surface area contributed by atoms with Crippen LogP contribution in [-0.2, 0) is 0 Å². The average molecular weight is 224 g/mol. The Labute approximate surface area is 105 Å². The monoisotopic (exact) mass is 224 g/mol. The minimum absolute atomic E-state index is 0. The van der Waals surface area contributed by atoms with Gasteiger partial charge in [0.25, 0.3) is 0 Å². The van der Waals surface area contributed by atoms with Gasteiger partial charge >= 0.3 is 37.7 Å². The van der Waals surface area contributed by atoms with Crippen LogP contribution in [0.2, 0.25) is 0 Å². The molecule has 0 radical (unpaired) electrons. The van der Waals surface area contributed by atoms with Gasteiger partial charge in [0, 0.05) is 0 Å². The SMILES string of the molecule is OC[C@@H](O)[C@@H](O)[C@H](O)[C@@H](O)CO.[CaH2]. The maximum absolute atomic E-state index is 8.96. The molecule has 0 aromatic heterocycles. The normalized spacial score (nSPS) is 19.8. The third-order valence-electron chi connectivity index (χ3n) is 1.51. The van der Waals surface area contributed by atoms with Crippen LogP contribution in [0, 0.1) is 0 Å². The zero-order chi connectivity index (χ0) is 9.72. The molecule has 6 N–H and O–H groups in total. The molecule has 0 fully saturated rings. The number of aliphatic hydroxyl groups is 6. The first-order chi connectivity index (χ1) is 5.54. The van der Waals surface area contributed by atoms with E-state index in [4.69, 9.17) is 30.6 Å². The molecule has 6 nitrogen and oxygen atoms in total. The topological polar surface area (TPSA) is 121 Å². The Hall–Kier alpha value is 1.02. The molecule has 0 aromatic carbocycles. The summed E-state index contributed by atoms with van der Waals surface area (Å²) in [6, 6.07) is 0. The second kappa shape index (κ2) is 8.34. The quantitative estimate of drug-likeness (QED) is 0.262. The fraction of sp³-hybridized carbons (Fsp3) is 1.00. The van der Waals surface area contributed by atoms with E-state index in [9.17, 15) is 0 Å². The molecule has 0 saturated heterocycles. The number of rotatable bonds is 5. The van der Waals surface area contributed by atoms with Crippen LogP contribution in [0.4, 0.5) is 0 Å². The van der Waals surface area contributed by atoms with Crippen molar-refractivity contribution in [3.63, 3.8) is 0 Å². The van der Waals surface area contributed by atoms with E-state index in [1.54, 1.807) is 0 Å². The van der Waals surface area contributed by atoms with Gasteiger partial charge in [0.15, 0.2) is 0 Å². The van der Waals surface area contributed by atoms with Crippen molar-refractivity contribution in [2.45, 2.75) is 24.4 Å². The zero-order valence-electron chi connectivity index (χ0n) is 6.41. The van der Waals surface area contributed by atoms with E-state index in [-0.39, 0.29) is 37.7 Å². The van der Waals surface area contributed by atoms with Crippen LogP contribution < -0.4 is 0 Å². The predicted molar refractivity (Wildman–Crippen MR) is 46.7 cm³/mol. The second-order valence-electron chi connectivity index (χ2n) is 2.48. The van der Waals surface area contributed by atoms with Crippen molar-refractivity contribution in [3.05, 3.63) is 0 Å². The van der Waals surface area contributed by atoms with Gasteiger partial charge in [-0.15, -0.1) is 0 Å². The van der Waals surface area contributed by atoms with Crippen LogP contribution >= 0.6 is 0 Å². The van der Waals surface area contributed by atoms with Gasteiger partial charge in [0.05, 0.1) is 13.2 Å². The first-order valence-electron chi connectivity index (χ1n) is 3.48. The van der Waals surface area contributed by atoms with E-state index < -0.39 is 37.6 Å². The first-order valence-corrected chi connectivity index (χ1v) is 3.48. The van der Waals surface area contributed by atoms with E-state index in [0.717, 1.165) is 0 Å². The molecular weight excluding hydrogens is 208 g/mol. The molecule has 0 bridgehead atoms. The molecule has 0 saturated carbocycles. The van der Waals surface area contributed by atoms with Gasteiger partial charge in [0.1, 0.15) is 24.4 Å². The summed E-state index contributed by atoms with van der Waals surface area (Å²) in [5.41, 5.74) is 0. The summed E-state index contributed by atoms with van der Waals surface area (Å²) in [4.78, 5) is 0. The molecule has 13 heavy (non-hydrogen) atoms. The van der Waals surface area contributed by atoms with Gasteiger partial charge in [-0.05, 0) is 0 Å². The van der Waals surface area contributed by atoms with E-state index in [1.807, 2.05) is 0 Å². The van der Waals surface area contributed by atoms with Gasteiger partial charge < -0.3 is 30.6 Å². The molecule has 0 aliphatic heterocycles. The molecule has 0 aliphatic rings. The Kier molecular flexibility index (Phi) is 10.6. The van der Waals surface area contributed by atoms with Crippen molar-refractivity contribution in [2.75, 3.05) is 13.2 Å². The Balaban J connectivity index is 0. The van der Waals surface area contributed by atoms with Crippen LogP contribution in [0.3, 0.4) is 0 Å². The third kappa shape index (κ3) is 5.46. The minimum atomic E-state index is -1.67. The Morgan fingerprint density at radius 2 is 0.923 bits per heavy atom. The summed E-state index contributed by atoms with van der Waals surface area (Å²) in [6.45, 7) is -1.45. The second-order valence-corrected chi connectivity index (χ2v) is 2.48. The molecule has 0 aromatic rings. The Morgan fingerprint density at radius 3 is 1.08 bits per heavy atom. The third-order valence-corrected chi connectivity index (χ3v) is 1.51. The van der Waals surface area contributed by atoms with Crippen molar-refractivity contribution in [1.82, 2.24) is 0 Å². The fourth-order valence-corrected chi connectivity index (χ4v) is 0.671. The maximum atomic E-state index is 8.96. The van der Waals surface area contributed by atoms with Crippen LogP contribution in [-0.4, -0.2) is 106 Å². The summed E-state index contributed by atoms with van der Waals surface area (Å²) in [7, 11) is 0. The molecule has 0 spiro atoms. The zero-order valence-corrected chi connectivity index (χ0v) is 6.41. The summed E-state index contributed by atoms with van der Waals surface area (Å²) >= 11 is 0. The molecule has 0 amide bonds. The molecule has 4 atom stereocenters. The van der Waals surface area contributed by atoms with Crippen molar-refractivity contribution < 1.29 is 30.6 Å². The Bertz CT molecular complexity index is 110. The summed E-state index contributed by atoms with van der Waals surface area (Å²) in [5, 5.41) is 52.2. The van der Waals surface area contributed by atoms with Crippen LogP contribution in [0.5, 0.6) is 0 Å². The molecule has 0 heterocycles. The molecule has 0 aliphatic carbocycles. The summed E-state index contributed by atoms with van der Waals surface area (Å²) in [6.07, 6.45) is -6.39. The van der Waals surface area contributed by atoms with E-state index in [1.165, 1.54) is 0 Å². The molecule has 78 valence electrons. The van der Waals surface area contributed by atoms with Gasteiger partial charge in [-0.2, -0.15) is 0 Å². The molecular formula is C6H16CaO6. The van der Waals surface area contributed by atoms with Gasteiger partial charge in [-0.3, -0.25) is 0 Å². The summed E-state index contributed by atoms with van der Waals surface area (Å²) < 4.78 is 0. The van der Waals surface area contributed by atoms with Crippen molar-refractivity contribution in [2.24, 2.45) is 0 Å². The van der Waals surface area contributed by atoms with Crippen LogP contribution in [0.25, 0.3) is 0 Å². The Morgan fingerprint density at radius 1 is 0.692 bits per heavy atom. The van der Waals surface area contributed by atoms with Gasteiger partial charge in [0.2, 0.25) is 0 Å². The van der Waals surface area contributed by atoms with E-state index >= 15 is 0 Å². The molecule has 0 rings (SSSR count). The van der Waals surface area contributed by atoms with Crippen molar-refractivity contribution >= 4 is 37.7 Å². The number of aliphatic hydroxyl groups excluding tert-OH is 6. The standard InChI is InChI=1S/C6H14O6.Ca.2H/c7-1-3(9)5(11)6(12)4(10)2-8;;;/h3-12H,1-2H2;;;/t3-,4+,5-,6-;;;/m1.../s1. The van der Waals surface area contributed by atoms with E-state index in [0.29, 0.717) is 0 Å². The summed E-state index contributed by atoms with van der Waals surface area (Å²) in [5.74, 6) is 0. The van der Waals surface area contributed by atoms with Gasteiger partial charge in [-0.1, -0.05) is 0 Å². The first kappa shape index (κ1) is 16.4. The van der Waals surface area contributed by atoms with Crippen molar-refractivity contribution in [1.29, 1.82) is 0 Å². The van der Waals surface area contributed by atoms with Gasteiger partial charge in [-0.25, -0.2) is 0 Å².